The monoisotopic (exact) mass is 400 g/mol. The highest BCUT2D eigenvalue weighted by molar-refractivity contribution is 7.19. The Hall–Kier alpha value is -2.10. The predicted octanol–water partition coefficient (Wildman–Crippen LogP) is 1.97. The molecule has 148 valence electrons. The van der Waals surface area contributed by atoms with Gasteiger partial charge in [-0.1, -0.05) is 6.92 Å². The number of likely N-dealkylation sites (N-methyl/N-ethyl adjacent to an activating group) is 1. The lowest BCUT2D eigenvalue weighted by atomic mass is 9.94. The fraction of sp³-hybridized carbons (Fsp3) is 0.579. The van der Waals surface area contributed by atoms with Crippen molar-refractivity contribution in [3.63, 3.8) is 0 Å². The summed E-state index contributed by atoms with van der Waals surface area (Å²) < 4.78 is 7.60. The van der Waals surface area contributed by atoms with Gasteiger partial charge < -0.3 is 14.5 Å². The molecule has 0 unspecified atom stereocenters. The maximum atomic E-state index is 13.0. The Morgan fingerprint density at radius 1 is 1.29 bits per heavy atom. The van der Waals surface area contributed by atoms with Gasteiger partial charge in [-0.2, -0.15) is 0 Å². The van der Waals surface area contributed by atoms with E-state index >= 15 is 0 Å². The van der Waals surface area contributed by atoms with Gasteiger partial charge in [0.2, 0.25) is 5.82 Å². The van der Waals surface area contributed by atoms with Gasteiger partial charge in [-0.3, -0.25) is 4.79 Å². The van der Waals surface area contributed by atoms with Crippen LogP contribution in [0.5, 0.6) is 0 Å². The first-order valence-corrected chi connectivity index (χ1v) is 10.6. The van der Waals surface area contributed by atoms with E-state index in [9.17, 15) is 4.79 Å². The summed E-state index contributed by atoms with van der Waals surface area (Å²) in [7, 11) is 0. The van der Waals surface area contributed by atoms with Crippen molar-refractivity contribution in [1.29, 1.82) is 0 Å². The standard InChI is InChI=1S/C19H24N6O2S/c1-4-23-5-7-24(8-6-23)18(26)15-21-16-14-12-9-19(2,3)27-10-13(12)28-17(14)20-11-25(16)22-15/h11H,4-10H2,1-3H3. The van der Waals surface area contributed by atoms with Gasteiger partial charge in [0.25, 0.3) is 5.91 Å². The molecule has 3 aromatic heterocycles. The summed E-state index contributed by atoms with van der Waals surface area (Å²) in [6.07, 6.45) is 2.46. The molecule has 9 heteroatoms. The molecule has 1 fully saturated rings. The van der Waals surface area contributed by atoms with Crippen LogP contribution in [0, 0.1) is 0 Å². The number of hydrogen-bond acceptors (Lipinski definition) is 7. The Morgan fingerprint density at radius 3 is 2.82 bits per heavy atom. The zero-order valence-electron chi connectivity index (χ0n) is 16.4. The number of carbonyl (C=O) groups is 1. The number of thiophene rings is 1. The highest BCUT2D eigenvalue weighted by Crippen LogP contribution is 2.39. The second-order valence-corrected chi connectivity index (χ2v) is 9.17. The van der Waals surface area contributed by atoms with Crippen LogP contribution in [-0.2, 0) is 17.8 Å². The fourth-order valence-corrected chi connectivity index (χ4v) is 5.11. The number of amides is 1. The molecule has 2 aliphatic heterocycles. The minimum Gasteiger partial charge on any atom is -0.370 e. The van der Waals surface area contributed by atoms with E-state index in [1.54, 1.807) is 22.2 Å². The average Bonchev–Trinajstić information content (AvgIpc) is 3.27. The van der Waals surface area contributed by atoms with Crippen molar-refractivity contribution < 1.29 is 9.53 Å². The van der Waals surface area contributed by atoms with E-state index in [1.165, 1.54) is 10.4 Å². The molecule has 0 bridgehead atoms. The summed E-state index contributed by atoms with van der Waals surface area (Å²) in [6, 6.07) is 0. The van der Waals surface area contributed by atoms with Gasteiger partial charge in [0, 0.05) is 37.5 Å². The van der Waals surface area contributed by atoms with Crippen LogP contribution in [0.1, 0.15) is 41.8 Å². The van der Waals surface area contributed by atoms with E-state index < -0.39 is 0 Å². The van der Waals surface area contributed by atoms with E-state index in [0.29, 0.717) is 6.61 Å². The normalized spacial score (nSPS) is 20.0. The molecule has 0 spiro atoms. The van der Waals surface area contributed by atoms with Crippen molar-refractivity contribution in [1.82, 2.24) is 29.4 Å². The van der Waals surface area contributed by atoms with Crippen molar-refractivity contribution in [2.24, 2.45) is 0 Å². The first kappa shape index (κ1) is 18.0. The quantitative estimate of drug-likeness (QED) is 0.655. The third-order valence-corrected chi connectivity index (χ3v) is 6.82. The lowest BCUT2D eigenvalue weighted by Gasteiger charge is -2.33. The summed E-state index contributed by atoms with van der Waals surface area (Å²) in [5.41, 5.74) is 1.74. The van der Waals surface area contributed by atoms with Gasteiger partial charge in [-0.05, 0) is 26.0 Å². The zero-order chi connectivity index (χ0) is 19.5. The van der Waals surface area contributed by atoms with Gasteiger partial charge in [-0.15, -0.1) is 16.4 Å². The number of hydrogen-bond donors (Lipinski definition) is 0. The van der Waals surface area contributed by atoms with E-state index in [4.69, 9.17) is 4.74 Å². The molecule has 0 saturated carbocycles. The van der Waals surface area contributed by atoms with Crippen LogP contribution in [0.15, 0.2) is 6.33 Å². The highest BCUT2D eigenvalue weighted by Gasteiger charge is 2.31. The van der Waals surface area contributed by atoms with Gasteiger partial charge in [0.15, 0.2) is 5.65 Å². The molecule has 5 rings (SSSR count). The molecule has 1 saturated heterocycles. The first-order chi connectivity index (χ1) is 13.4. The van der Waals surface area contributed by atoms with Crippen molar-refractivity contribution in [2.45, 2.75) is 39.4 Å². The van der Waals surface area contributed by atoms with Crippen LogP contribution >= 0.6 is 11.3 Å². The minimum absolute atomic E-state index is 0.0969. The van der Waals surface area contributed by atoms with Crippen LogP contribution in [0.2, 0.25) is 0 Å². The Labute approximate surface area is 167 Å². The summed E-state index contributed by atoms with van der Waals surface area (Å²) in [4.78, 5) is 28.5. The van der Waals surface area contributed by atoms with E-state index in [-0.39, 0.29) is 17.3 Å². The summed E-state index contributed by atoms with van der Waals surface area (Å²) in [5, 5.41) is 5.47. The Morgan fingerprint density at radius 2 is 2.07 bits per heavy atom. The molecule has 2 aliphatic rings. The maximum absolute atomic E-state index is 13.0. The second-order valence-electron chi connectivity index (χ2n) is 8.08. The van der Waals surface area contributed by atoms with Gasteiger partial charge in [0.1, 0.15) is 11.2 Å². The molecule has 8 nitrogen and oxygen atoms in total. The number of rotatable bonds is 2. The zero-order valence-corrected chi connectivity index (χ0v) is 17.3. The number of ether oxygens (including phenoxy) is 1. The molecular formula is C19H24N6O2S. The van der Waals surface area contributed by atoms with Crippen LogP contribution in [-0.4, -0.2) is 73.6 Å². The van der Waals surface area contributed by atoms with Crippen LogP contribution in [0.4, 0.5) is 0 Å². The van der Waals surface area contributed by atoms with E-state index in [1.807, 2.05) is 4.90 Å². The molecule has 0 aliphatic carbocycles. The molecule has 0 atom stereocenters. The number of aromatic nitrogens is 4. The largest absolute Gasteiger partial charge is 0.370 e. The highest BCUT2D eigenvalue weighted by atomic mass is 32.1. The summed E-state index contributed by atoms with van der Waals surface area (Å²) >= 11 is 1.65. The average molecular weight is 401 g/mol. The van der Waals surface area contributed by atoms with Crippen LogP contribution < -0.4 is 0 Å². The molecule has 3 aromatic rings. The molecule has 28 heavy (non-hydrogen) atoms. The molecule has 0 N–H and O–H groups in total. The van der Waals surface area contributed by atoms with Crippen molar-refractivity contribution in [3.8, 4) is 0 Å². The molecule has 5 heterocycles. The summed E-state index contributed by atoms with van der Waals surface area (Å²) in [5.74, 6) is 0.158. The SMILES string of the molecule is CCN1CCN(C(=O)c2nc3c4c5c(sc4ncn3n2)COC(C)(C)C5)CC1. The molecule has 0 aromatic carbocycles. The molecular weight excluding hydrogens is 376 g/mol. The number of nitrogens with zero attached hydrogens (tertiary/aromatic N) is 6. The van der Waals surface area contributed by atoms with Crippen LogP contribution in [0.25, 0.3) is 15.9 Å². The van der Waals surface area contributed by atoms with E-state index in [2.05, 4.69) is 40.7 Å². The van der Waals surface area contributed by atoms with Crippen molar-refractivity contribution in [3.05, 3.63) is 22.6 Å². The third-order valence-electron chi connectivity index (χ3n) is 5.71. The maximum Gasteiger partial charge on any atom is 0.293 e. The number of piperazine rings is 1. The molecule has 0 radical (unpaired) electrons. The Kier molecular flexibility index (Phi) is 4.15. The number of carbonyl (C=O) groups excluding carboxylic acids is 1. The Bertz CT molecular complexity index is 1060. The van der Waals surface area contributed by atoms with Crippen molar-refractivity contribution >= 4 is 33.1 Å². The minimum atomic E-state index is -0.217. The van der Waals surface area contributed by atoms with Gasteiger partial charge in [0.05, 0.1) is 17.6 Å². The second kappa shape index (κ2) is 6.47. The lowest BCUT2D eigenvalue weighted by molar-refractivity contribution is -0.0379. The smallest absolute Gasteiger partial charge is 0.293 e. The summed E-state index contributed by atoms with van der Waals surface area (Å²) in [6.45, 7) is 11.2. The van der Waals surface area contributed by atoms with Gasteiger partial charge in [-0.25, -0.2) is 14.5 Å². The fourth-order valence-electron chi connectivity index (χ4n) is 4.04. The Balaban J connectivity index is 1.53. The van der Waals surface area contributed by atoms with Gasteiger partial charge >= 0.3 is 0 Å². The lowest BCUT2D eigenvalue weighted by Crippen LogP contribution is -2.48. The third kappa shape index (κ3) is 2.89. The first-order valence-electron chi connectivity index (χ1n) is 9.76. The van der Waals surface area contributed by atoms with Crippen LogP contribution in [0.3, 0.4) is 0 Å². The number of fused-ring (bicyclic) bond motifs is 5. The topological polar surface area (TPSA) is 75.9 Å². The van der Waals surface area contributed by atoms with E-state index in [0.717, 1.165) is 55.0 Å². The molecule has 1 amide bonds. The predicted molar refractivity (Wildman–Crippen MR) is 107 cm³/mol. The van der Waals surface area contributed by atoms with Crippen molar-refractivity contribution in [2.75, 3.05) is 32.7 Å².